The second-order valence-corrected chi connectivity index (χ2v) is 5.09. The second kappa shape index (κ2) is 5.26. The summed E-state index contributed by atoms with van der Waals surface area (Å²) >= 11 is 1.81. The van der Waals surface area contributed by atoms with E-state index < -0.39 is 0 Å². The predicted molar refractivity (Wildman–Crippen MR) is 64.2 cm³/mol. The molecule has 0 amide bonds. The van der Waals surface area contributed by atoms with Crippen molar-refractivity contribution in [2.45, 2.75) is 38.5 Å². The molecule has 0 aromatic carbocycles. The molecule has 0 saturated carbocycles. The lowest BCUT2D eigenvalue weighted by molar-refractivity contribution is -0.114. The normalized spacial score (nSPS) is 17.3. The van der Waals surface area contributed by atoms with Crippen molar-refractivity contribution >= 4 is 17.1 Å². The number of hydrogen-bond acceptors (Lipinski definition) is 2. The summed E-state index contributed by atoms with van der Waals surface area (Å²) in [6, 6.07) is 4.26. The molecule has 2 rings (SSSR count). The largest absolute Gasteiger partial charge is 0.295 e. The third-order valence-electron chi connectivity index (χ3n) is 2.81. The molecule has 1 aromatic heterocycles. The molecule has 0 unspecified atom stereocenters. The van der Waals surface area contributed by atoms with Crippen LogP contribution in [0.2, 0.25) is 0 Å². The van der Waals surface area contributed by atoms with Crippen molar-refractivity contribution in [3.63, 3.8) is 0 Å². The van der Waals surface area contributed by atoms with Gasteiger partial charge in [0.15, 0.2) is 5.78 Å². The first-order chi connectivity index (χ1) is 7.34. The van der Waals surface area contributed by atoms with E-state index in [4.69, 9.17) is 0 Å². The van der Waals surface area contributed by atoms with Gasteiger partial charge in [-0.1, -0.05) is 11.6 Å². The van der Waals surface area contributed by atoms with Crippen LogP contribution in [0.3, 0.4) is 0 Å². The first kappa shape index (κ1) is 10.6. The van der Waals surface area contributed by atoms with Gasteiger partial charge in [0, 0.05) is 11.3 Å². The minimum atomic E-state index is 0.327. The number of carbonyl (C=O) groups excluding carboxylic acids is 1. The van der Waals surface area contributed by atoms with Gasteiger partial charge in [0.05, 0.1) is 0 Å². The Morgan fingerprint density at radius 3 is 2.87 bits per heavy atom. The number of allylic oxidation sites excluding steroid dienone is 2. The summed E-state index contributed by atoms with van der Waals surface area (Å²) in [4.78, 5) is 12.8. The van der Waals surface area contributed by atoms with Crippen LogP contribution >= 0.6 is 11.3 Å². The van der Waals surface area contributed by atoms with E-state index in [2.05, 4.69) is 17.5 Å². The zero-order chi connectivity index (χ0) is 10.5. The summed E-state index contributed by atoms with van der Waals surface area (Å²) in [6.07, 6.45) is 8.17. The smallest absolute Gasteiger partial charge is 0.155 e. The van der Waals surface area contributed by atoms with E-state index in [1.807, 2.05) is 6.08 Å². The standard InChI is InChI=1S/C13H16OS/c14-12-5-2-1-4-11(10-12)7-8-13-6-3-9-15-13/h3,6,9-10H,1-2,4-5,7-8H2. The molecule has 0 aliphatic heterocycles. The molecule has 1 aliphatic carbocycles. The van der Waals surface area contributed by atoms with Gasteiger partial charge < -0.3 is 0 Å². The highest BCUT2D eigenvalue weighted by molar-refractivity contribution is 7.09. The molecule has 80 valence electrons. The minimum Gasteiger partial charge on any atom is -0.295 e. The molecule has 0 saturated heterocycles. The number of ketones is 1. The lowest BCUT2D eigenvalue weighted by Crippen LogP contribution is -1.91. The van der Waals surface area contributed by atoms with Crippen molar-refractivity contribution in [2.75, 3.05) is 0 Å². The van der Waals surface area contributed by atoms with Crippen molar-refractivity contribution in [1.29, 1.82) is 0 Å². The average Bonchev–Trinajstić information content (AvgIpc) is 2.65. The molecule has 2 heteroatoms. The van der Waals surface area contributed by atoms with Crippen molar-refractivity contribution in [3.8, 4) is 0 Å². The number of carbonyl (C=O) groups is 1. The number of hydrogen-bond donors (Lipinski definition) is 0. The highest BCUT2D eigenvalue weighted by atomic mass is 32.1. The average molecular weight is 220 g/mol. The Morgan fingerprint density at radius 1 is 1.20 bits per heavy atom. The Balaban J connectivity index is 1.90. The van der Waals surface area contributed by atoms with E-state index in [1.54, 1.807) is 11.3 Å². The molecule has 1 nitrogen and oxygen atoms in total. The molecule has 0 radical (unpaired) electrons. The van der Waals surface area contributed by atoms with E-state index >= 15 is 0 Å². The topological polar surface area (TPSA) is 17.1 Å². The first-order valence-corrected chi connectivity index (χ1v) is 6.47. The van der Waals surface area contributed by atoms with Crippen LogP contribution in [0.15, 0.2) is 29.2 Å². The third-order valence-corrected chi connectivity index (χ3v) is 3.74. The number of aryl methyl sites for hydroxylation is 1. The van der Waals surface area contributed by atoms with Crippen LogP contribution in [0.4, 0.5) is 0 Å². The van der Waals surface area contributed by atoms with Gasteiger partial charge in [-0.05, 0) is 49.6 Å². The van der Waals surface area contributed by atoms with Crippen molar-refractivity contribution in [3.05, 3.63) is 34.0 Å². The highest BCUT2D eigenvalue weighted by Crippen LogP contribution is 2.21. The minimum absolute atomic E-state index is 0.327. The van der Waals surface area contributed by atoms with Crippen molar-refractivity contribution in [1.82, 2.24) is 0 Å². The molecule has 0 spiro atoms. The Bertz CT molecular complexity index is 349. The first-order valence-electron chi connectivity index (χ1n) is 5.59. The Labute approximate surface area is 94.8 Å². The summed E-state index contributed by atoms with van der Waals surface area (Å²) in [5.41, 5.74) is 1.35. The molecule has 0 fully saturated rings. The molecule has 1 aromatic rings. The zero-order valence-corrected chi connectivity index (χ0v) is 9.69. The fourth-order valence-electron chi connectivity index (χ4n) is 1.96. The van der Waals surface area contributed by atoms with Gasteiger partial charge >= 0.3 is 0 Å². The Kier molecular flexibility index (Phi) is 3.73. The molecular weight excluding hydrogens is 204 g/mol. The lowest BCUT2D eigenvalue weighted by atomic mass is 10.0. The Morgan fingerprint density at radius 2 is 2.07 bits per heavy atom. The van der Waals surface area contributed by atoms with Gasteiger partial charge in [-0.25, -0.2) is 0 Å². The quantitative estimate of drug-likeness (QED) is 0.758. The maximum Gasteiger partial charge on any atom is 0.155 e. The lowest BCUT2D eigenvalue weighted by Gasteiger charge is -2.02. The van der Waals surface area contributed by atoms with Crippen LogP contribution in [0.25, 0.3) is 0 Å². The Hall–Kier alpha value is -0.890. The molecule has 0 bridgehead atoms. The molecule has 1 heterocycles. The van der Waals surface area contributed by atoms with E-state index in [0.717, 1.165) is 32.1 Å². The van der Waals surface area contributed by atoms with E-state index in [0.29, 0.717) is 5.78 Å². The number of rotatable bonds is 3. The predicted octanol–water partition coefficient (Wildman–Crippen LogP) is 3.75. The third kappa shape index (κ3) is 3.31. The molecular formula is C13H16OS. The van der Waals surface area contributed by atoms with Gasteiger partial charge in [-0.3, -0.25) is 4.79 Å². The van der Waals surface area contributed by atoms with Crippen LogP contribution in [-0.2, 0) is 11.2 Å². The van der Waals surface area contributed by atoms with Gasteiger partial charge in [-0.15, -0.1) is 11.3 Å². The monoisotopic (exact) mass is 220 g/mol. The second-order valence-electron chi connectivity index (χ2n) is 4.06. The van der Waals surface area contributed by atoms with E-state index in [9.17, 15) is 4.79 Å². The van der Waals surface area contributed by atoms with Gasteiger partial charge in [-0.2, -0.15) is 0 Å². The number of thiophene rings is 1. The van der Waals surface area contributed by atoms with Crippen molar-refractivity contribution in [2.24, 2.45) is 0 Å². The van der Waals surface area contributed by atoms with Crippen molar-refractivity contribution < 1.29 is 4.79 Å². The SMILES string of the molecule is O=C1C=C(CCc2cccs2)CCCC1. The summed E-state index contributed by atoms with van der Waals surface area (Å²) in [5, 5.41) is 2.11. The fourth-order valence-corrected chi connectivity index (χ4v) is 2.67. The van der Waals surface area contributed by atoms with Crippen LogP contribution < -0.4 is 0 Å². The van der Waals surface area contributed by atoms with E-state index in [-0.39, 0.29) is 0 Å². The van der Waals surface area contributed by atoms with Gasteiger partial charge in [0.25, 0.3) is 0 Å². The zero-order valence-electron chi connectivity index (χ0n) is 8.87. The summed E-state index contributed by atoms with van der Waals surface area (Å²) in [6.45, 7) is 0. The van der Waals surface area contributed by atoms with Crippen LogP contribution in [0, 0.1) is 0 Å². The summed E-state index contributed by atoms with van der Waals surface area (Å²) in [5.74, 6) is 0.327. The fraction of sp³-hybridized carbons (Fsp3) is 0.462. The van der Waals surface area contributed by atoms with Crippen LogP contribution in [0.1, 0.15) is 37.0 Å². The van der Waals surface area contributed by atoms with E-state index in [1.165, 1.54) is 16.9 Å². The summed E-state index contributed by atoms with van der Waals surface area (Å²) < 4.78 is 0. The van der Waals surface area contributed by atoms with Gasteiger partial charge in [0.1, 0.15) is 0 Å². The molecule has 1 aliphatic rings. The maximum atomic E-state index is 11.4. The van der Waals surface area contributed by atoms with Gasteiger partial charge in [0.2, 0.25) is 0 Å². The van der Waals surface area contributed by atoms with Crippen LogP contribution in [-0.4, -0.2) is 5.78 Å². The molecule has 15 heavy (non-hydrogen) atoms. The maximum absolute atomic E-state index is 11.4. The highest BCUT2D eigenvalue weighted by Gasteiger charge is 2.08. The van der Waals surface area contributed by atoms with Crippen LogP contribution in [0.5, 0.6) is 0 Å². The molecule has 0 N–H and O–H groups in total. The summed E-state index contributed by atoms with van der Waals surface area (Å²) in [7, 11) is 0. The molecule has 0 atom stereocenters.